The third kappa shape index (κ3) is 13.3. The summed E-state index contributed by atoms with van der Waals surface area (Å²) in [6.45, 7) is -1.12. The number of carbonyl (C=O) groups is 3. The summed E-state index contributed by atoms with van der Waals surface area (Å²) in [5.41, 5.74) is 0. The van der Waals surface area contributed by atoms with Crippen LogP contribution in [0.4, 0.5) is 0 Å². The largest absolute Gasteiger partial charge is 1.00 e. The van der Waals surface area contributed by atoms with Crippen LogP contribution in [0.15, 0.2) is 0 Å². The third-order valence-electron chi connectivity index (χ3n) is 3.68. The molecule has 11 nitrogen and oxygen atoms in total. The van der Waals surface area contributed by atoms with Gasteiger partial charge in [0.1, 0.15) is 0 Å². The molecule has 0 bridgehead atoms. The van der Waals surface area contributed by atoms with Crippen LogP contribution in [0.3, 0.4) is 0 Å². The molecule has 27 heavy (non-hydrogen) atoms. The average molecular weight is 416 g/mol. The Hall–Kier alpha value is -0.573. The Morgan fingerprint density at radius 2 is 1.11 bits per heavy atom. The van der Waals surface area contributed by atoms with E-state index in [4.69, 9.17) is 13.3 Å². The van der Waals surface area contributed by atoms with E-state index in [0.29, 0.717) is 19.0 Å². The third-order valence-corrected chi connectivity index (χ3v) is 6.51. The van der Waals surface area contributed by atoms with Gasteiger partial charge in [0, 0.05) is 60.1 Å². The van der Waals surface area contributed by atoms with Gasteiger partial charge in [0.25, 0.3) is 0 Å². The topological polar surface area (TPSA) is 155 Å². The molecule has 0 saturated heterocycles. The molecule has 13 heteroatoms. The maximum absolute atomic E-state index is 10.9. The molecule has 0 fully saturated rings. The minimum absolute atomic E-state index is 0. The standard InChI is InChI=1S/C14H28N2O9Si.Na/c1-23-26(24-2,25-3)8-4-5-15(9-12(17)18)6-7-16(10-13(19)20)11-14(21)22;/h4-11H2,1-3H3,(H,17,18)(H,19,20)(H,21,22);/q;+1/p-3. The number of carboxylic acids is 3. The second-order valence-corrected chi connectivity index (χ2v) is 8.59. The minimum Gasteiger partial charge on any atom is -0.549 e. The predicted octanol–water partition coefficient (Wildman–Crippen LogP) is -7.89. The van der Waals surface area contributed by atoms with Crippen LogP contribution in [0, 0.1) is 0 Å². The average Bonchev–Trinajstić information content (AvgIpc) is 2.55. The summed E-state index contributed by atoms with van der Waals surface area (Å²) in [6, 6.07) is 0.446. The SMILES string of the molecule is CO[Si](CCCN(CCN(CC(=O)[O-])CC(=O)[O-])CC(=O)[O-])(OC)OC.[Na+]. The Morgan fingerprint density at radius 1 is 0.741 bits per heavy atom. The van der Waals surface area contributed by atoms with Gasteiger partial charge >= 0.3 is 38.4 Å². The van der Waals surface area contributed by atoms with Crippen molar-refractivity contribution in [2.45, 2.75) is 12.5 Å². The number of nitrogens with zero attached hydrogens (tertiary/aromatic N) is 2. The van der Waals surface area contributed by atoms with Crippen LogP contribution in [0.1, 0.15) is 6.42 Å². The molecule has 0 atom stereocenters. The van der Waals surface area contributed by atoms with Gasteiger partial charge in [-0.2, -0.15) is 0 Å². The van der Waals surface area contributed by atoms with Crippen LogP contribution in [0.5, 0.6) is 0 Å². The first-order valence-electron chi connectivity index (χ1n) is 7.87. The molecule has 0 spiro atoms. The Bertz CT molecular complexity index is 442. The summed E-state index contributed by atoms with van der Waals surface area (Å²) in [5, 5.41) is 32.2. The number of carboxylic acid groups (broad SMARTS) is 3. The van der Waals surface area contributed by atoms with Crippen molar-refractivity contribution in [3.8, 4) is 0 Å². The van der Waals surface area contributed by atoms with Crippen LogP contribution in [-0.4, -0.2) is 97.1 Å². The van der Waals surface area contributed by atoms with Gasteiger partial charge in [-0.15, -0.1) is 0 Å². The molecule has 0 rings (SSSR count). The molecule has 0 unspecified atom stereocenters. The van der Waals surface area contributed by atoms with Gasteiger partial charge < -0.3 is 43.0 Å². The van der Waals surface area contributed by atoms with E-state index in [0.717, 1.165) is 4.90 Å². The predicted molar refractivity (Wildman–Crippen MR) is 84.1 cm³/mol. The molecule has 0 aromatic carbocycles. The summed E-state index contributed by atoms with van der Waals surface area (Å²) in [5.74, 6) is -4.17. The molecule has 0 aliphatic heterocycles. The van der Waals surface area contributed by atoms with Crippen LogP contribution in [0.25, 0.3) is 0 Å². The van der Waals surface area contributed by atoms with Gasteiger partial charge in [-0.3, -0.25) is 9.80 Å². The van der Waals surface area contributed by atoms with E-state index in [-0.39, 0.29) is 49.2 Å². The minimum atomic E-state index is -2.78. The van der Waals surface area contributed by atoms with E-state index in [1.54, 1.807) is 0 Å². The molecule has 152 valence electrons. The maximum atomic E-state index is 10.9. The molecule has 0 aliphatic rings. The first kappa shape index (κ1) is 28.6. The number of carbonyl (C=O) groups excluding carboxylic acids is 3. The second-order valence-electron chi connectivity index (χ2n) is 5.50. The molecule has 0 heterocycles. The fourth-order valence-electron chi connectivity index (χ4n) is 2.39. The molecule has 0 aromatic heterocycles. The van der Waals surface area contributed by atoms with E-state index in [9.17, 15) is 29.7 Å². The van der Waals surface area contributed by atoms with Gasteiger partial charge in [0.2, 0.25) is 0 Å². The van der Waals surface area contributed by atoms with Gasteiger partial charge in [-0.05, 0) is 13.0 Å². The fraction of sp³-hybridized carbons (Fsp3) is 0.786. The Balaban J connectivity index is 0. The summed E-state index contributed by atoms with van der Waals surface area (Å²) in [7, 11) is 1.62. The van der Waals surface area contributed by atoms with Crippen molar-refractivity contribution >= 4 is 26.7 Å². The van der Waals surface area contributed by atoms with E-state index >= 15 is 0 Å². The van der Waals surface area contributed by atoms with E-state index in [1.807, 2.05) is 0 Å². The second kappa shape index (κ2) is 15.4. The van der Waals surface area contributed by atoms with Crippen molar-refractivity contribution in [2.75, 3.05) is 60.6 Å². The molecule has 0 amide bonds. The zero-order valence-corrected chi connectivity index (χ0v) is 19.2. The zero-order chi connectivity index (χ0) is 20.2. The van der Waals surface area contributed by atoms with Crippen LogP contribution in [0.2, 0.25) is 6.04 Å². The monoisotopic (exact) mass is 416 g/mol. The molecule has 0 saturated carbocycles. The molecular weight excluding hydrogens is 391 g/mol. The van der Waals surface area contributed by atoms with Crippen molar-refractivity contribution in [1.29, 1.82) is 0 Å². The van der Waals surface area contributed by atoms with Gasteiger partial charge in [-0.25, -0.2) is 0 Å². The van der Waals surface area contributed by atoms with Gasteiger partial charge in [0.15, 0.2) is 0 Å². The first-order chi connectivity index (χ1) is 12.2. The van der Waals surface area contributed by atoms with Crippen molar-refractivity contribution in [3.63, 3.8) is 0 Å². The van der Waals surface area contributed by atoms with E-state index in [2.05, 4.69) is 0 Å². The first-order valence-corrected chi connectivity index (χ1v) is 9.81. The summed E-state index contributed by atoms with van der Waals surface area (Å²) < 4.78 is 15.8. The summed E-state index contributed by atoms with van der Waals surface area (Å²) in [4.78, 5) is 34.8. The van der Waals surface area contributed by atoms with Crippen molar-refractivity contribution < 1.29 is 72.5 Å². The molecule has 0 aromatic rings. The summed E-state index contributed by atoms with van der Waals surface area (Å²) in [6.07, 6.45) is 0.496. The number of rotatable bonds is 16. The normalized spacial score (nSPS) is 11.4. The number of hydrogen-bond donors (Lipinski definition) is 0. The Kier molecular flexibility index (Phi) is 16.3. The maximum Gasteiger partial charge on any atom is 1.00 e. The van der Waals surface area contributed by atoms with E-state index in [1.165, 1.54) is 26.2 Å². The Morgan fingerprint density at radius 3 is 1.48 bits per heavy atom. The molecule has 0 radical (unpaired) electrons. The summed E-state index contributed by atoms with van der Waals surface area (Å²) >= 11 is 0. The Labute approximate surface area is 181 Å². The zero-order valence-electron chi connectivity index (χ0n) is 16.2. The van der Waals surface area contributed by atoms with Crippen molar-refractivity contribution in [1.82, 2.24) is 9.80 Å². The van der Waals surface area contributed by atoms with Crippen molar-refractivity contribution in [2.24, 2.45) is 0 Å². The van der Waals surface area contributed by atoms with Crippen LogP contribution >= 0.6 is 0 Å². The number of aliphatic carboxylic acids is 3. The smallest absolute Gasteiger partial charge is 0.549 e. The molecular formula is C14H25N2NaO9Si-2. The number of hydrogen-bond acceptors (Lipinski definition) is 11. The molecule has 0 aliphatic carbocycles. The molecule has 0 N–H and O–H groups in total. The fourth-order valence-corrected chi connectivity index (χ4v) is 4.09. The van der Waals surface area contributed by atoms with Gasteiger partial charge in [-0.1, -0.05) is 0 Å². The van der Waals surface area contributed by atoms with Gasteiger partial charge in [0.05, 0.1) is 17.9 Å². The van der Waals surface area contributed by atoms with Crippen LogP contribution in [-0.2, 0) is 27.7 Å². The van der Waals surface area contributed by atoms with E-state index < -0.39 is 39.8 Å². The quantitative estimate of drug-likeness (QED) is 0.220. The van der Waals surface area contributed by atoms with Crippen molar-refractivity contribution in [3.05, 3.63) is 0 Å². The van der Waals surface area contributed by atoms with Crippen LogP contribution < -0.4 is 44.9 Å².